The zero-order chi connectivity index (χ0) is 24.0. The van der Waals surface area contributed by atoms with Gasteiger partial charge in [-0.3, -0.25) is 14.2 Å². The Bertz CT molecular complexity index is 1180. The number of benzene rings is 2. The molecule has 0 N–H and O–H groups in total. The van der Waals surface area contributed by atoms with Crippen molar-refractivity contribution in [1.82, 2.24) is 14.3 Å². The predicted octanol–water partition coefficient (Wildman–Crippen LogP) is 4.83. The standard InChI is InChI=1S/C23H22Cl3N3O4/c1-2-33-21(31)14-28-22(15-9-11-16(24)12-10-15)27-29(23(28)32)13-17(30)5-3-6-18-19(25)7-4-8-20(18)26/h4,7-12H,2-3,5-6,13-14H2,1H3. The lowest BCUT2D eigenvalue weighted by atomic mass is 10.1. The van der Waals surface area contributed by atoms with E-state index >= 15 is 0 Å². The molecule has 0 unspecified atom stereocenters. The van der Waals surface area contributed by atoms with Crippen molar-refractivity contribution in [3.05, 3.63) is 73.6 Å². The van der Waals surface area contributed by atoms with Gasteiger partial charge in [-0.2, -0.15) is 0 Å². The maximum Gasteiger partial charge on any atom is 0.347 e. The van der Waals surface area contributed by atoms with E-state index in [1.165, 1.54) is 4.57 Å². The summed E-state index contributed by atoms with van der Waals surface area (Å²) >= 11 is 18.3. The van der Waals surface area contributed by atoms with Crippen LogP contribution in [0.1, 0.15) is 25.3 Å². The van der Waals surface area contributed by atoms with Gasteiger partial charge in [0.25, 0.3) is 0 Å². The number of ketones is 1. The molecule has 3 aromatic rings. The highest BCUT2D eigenvalue weighted by atomic mass is 35.5. The average molecular weight is 511 g/mol. The highest BCUT2D eigenvalue weighted by Crippen LogP contribution is 2.26. The van der Waals surface area contributed by atoms with Crippen molar-refractivity contribution in [3.8, 4) is 11.4 Å². The normalized spacial score (nSPS) is 10.9. The first kappa shape index (κ1) is 25.0. The van der Waals surface area contributed by atoms with Crippen LogP contribution in [0.3, 0.4) is 0 Å². The van der Waals surface area contributed by atoms with Gasteiger partial charge >= 0.3 is 11.7 Å². The van der Waals surface area contributed by atoms with Gasteiger partial charge in [-0.05, 0) is 61.7 Å². The highest BCUT2D eigenvalue weighted by molar-refractivity contribution is 6.36. The summed E-state index contributed by atoms with van der Waals surface area (Å²) in [6.07, 6.45) is 1.27. The topological polar surface area (TPSA) is 83.2 Å². The van der Waals surface area contributed by atoms with Crippen LogP contribution >= 0.6 is 34.8 Å². The zero-order valence-corrected chi connectivity index (χ0v) is 20.2. The van der Waals surface area contributed by atoms with Gasteiger partial charge in [-0.25, -0.2) is 9.48 Å². The summed E-state index contributed by atoms with van der Waals surface area (Å²) in [5, 5.41) is 5.93. The van der Waals surface area contributed by atoms with Crippen LogP contribution in [0.5, 0.6) is 0 Å². The molecule has 0 aliphatic carbocycles. The maximum absolute atomic E-state index is 12.9. The van der Waals surface area contributed by atoms with Crippen LogP contribution in [0.15, 0.2) is 47.3 Å². The van der Waals surface area contributed by atoms with Gasteiger partial charge in [0.05, 0.1) is 6.61 Å². The molecule has 1 heterocycles. The van der Waals surface area contributed by atoms with E-state index < -0.39 is 11.7 Å². The molecule has 0 atom stereocenters. The van der Waals surface area contributed by atoms with Crippen LogP contribution < -0.4 is 5.69 Å². The zero-order valence-electron chi connectivity index (χ0n) is 17.9. The van der Waals surface area contributed by atoms with Crippen LogP contribution in [0.4, 0.5) is 0 Å². The van der Waals surface area contributed by atoms with Crippen molar-refractivity contribution < 1.29 is 14.3 Å². The Balaban J connectivity index is 1.76. The van der Waals surface area contributed by atoms with Gasteiger partial charge < -0.3 is 4.74 Å². The summed E-state index contributed by atoms with van der Waals surface area (Å²) in [7, 11) is 0. The Hall–Kier alpha value is -2.61. The maximum atomic E-state index is 12.9. The lowest BCUT2D eigenvalue weighted by Crippen LogP contribution is -2.30. The Kier molecular flexibility index (Phi) is 8.72. The van der Waals surface area contributed by atoms with Crippen molar-refractivity contribution >= 4 is 46.6 Å². The van der Waals surface area contributed by atoms with Gasteiger partial charge in [0.1, 0.15) is 13.1 Å². The molecule has 0 saturated heterocycles. The number of hydrogen-bond donors (Lipinski definition) is 0. The molecule has 1 aromatic heterocycles. The molecule has 0 fully saturated rings. The third-order valence-electron chi connectivity index (χ3n) is 4.89. The second kappa shape index (κ2) is 11.5. The molecular formula is C23H22Cl3N3O4. The molecule has 0 aliphatic rings. The van der Waals surface area contributed by atoms with Crippen LogP contribution in [0, 0.1) is 0 Å². The average Bonchev–Trinajstić information content (AvgIpc) is 3.06. The summed E-state index contributed by atoms with van der Waals surface area (Å²) in [5.74, 6) is -0.499. The number of halogens is 3. The first-order valence-electron chi connectivity index (χ1n) is 10.3. The van der Waals surface area contributed by atoms with E-state index in [0.29, 0.717) is 33.5 Å². The molecule has 0 spiro atoms. The summed E-state index contributed by atoms with van der Waals surface area (Å²) in [6.45, 7) is 1.33. The number of carbonyl (C=O) groups is 2. The van der Waals surface area contributed by atoms with Crippen LogP contribution in [-0.2, 0) is 33.8 Å². The number of aromatic nitrogens is 3. The van der Waals surface area contributed by atoms with Crippen LogP contribution in [0.2, 0.25) is 15.1 Å². The van der Waals surface area contributed by atoms with Gasteiger partial charge in [0.2, 0.25) is 0 Å². The Morgan fingerprint density at radius 3 is 2.30 bits per heavy atom. The summed E-state index contributed by atoms with van der Waals surface area (Å²) < 4.78 is 7.23. The molecule has 33 heavy (non-hydrogen) atoms. The summed E-state index contributed by atoms with van der Waals surface area (Å²) in [5.41, 5.74) is 0.797. The molecule has 2 aromatic carbocycles. The van der Waals surface area contributed by atoms with Gasteiger partial charge in [-0.1, -0.05) is 40.9 Å². The fraction of sp³-hybridized carbons (Fsp3) is 0.304. The minimum Gasteiger partial charge on any atom is -0.465 e. The monoisotopic (exact) mass is 509 g/mol. The van der Waals surface area contributed by atoms with Crippen molar-refractivity contribution in [2.75, 3.05) is 6.61 Å². The molecule has 174 valence electrons. The fourth-order valence-corrected chi connectivity index (χ4v) is 4.03. The number of esters is 1. The van der Waals surface area contributed by atoms with Crippen molar-refractivity contribution in [2.45, 2.75) is 39.3 Å². The molecule has 0 aliphatic heterocycles. The highest BCUT2D eigenvalue weighted by Gasteiger charge is 2.20. The minimum atomic E-state index is -0.574. The summed E-state index contributed by atoms with van der Waals surface area (Å²) in [4.78, 5) is 37.5. The largest absolute Gasteiger partial charge is 0.465 e. The molecular weight excluding hydrogens is 489 g/mol. The van der Waals surface area contributed by atoms with E-state index in [1.807, 2.05) is 0 Å². The van der Waals surface area contributed by atoms with Gasteiger partial charge in [0.15, 0.2) is 11.6 Å². The molecule has 7 nitrogen and oxygen atoms in total. The van der Waals surface area contributed by atoms with E-state index in [2.05, 4.69) is 5.10 Å². The second-order valence-corrected chi connectivity index (χ2v) is 8.51. The van der Waals surface area contributed by atoms with Crippen LogP contribution in [-0.4, -0.2) is 32.7 Å². The lowest BCUT2D eigenvalue weighted by Gasteiger charge is -2.06. The predicted molar refractivity (Wildman–Crippen MR) is 128 cm³/mol. The number of hydrogen-bond acceptors (Lipinski definition) is 5. The van der Waals surface area contributed by atoms with Crippen molar-refractivity contribution in [1.29, 1.82) is 0 Å². The van der Waals surface area contributed by atoms with Crippen LogP contribution in [0.25, 0.3) is 11.4 Å². The molecule has 0 bridgehead atoms. The molecule has 0 amide bonds. The first-order valence-corrected chi connectivity index (χ1v) is 11.5. The fourth-order valence-electron chi connectivity index (χ4n) is 3.31. The molecule has 10 heteroatoms. The Labute approximate surface area is 205 Å². The number of ether oxygens (including phenoxy) is 1. The number of rotatable bonds is 10. The molecule has 3 rings (SSSR count). The first-order chi connectivity index (χ1) is 15.8. The smallest absolute Gasteiger partial charge is 0.347 e. The third-order valence-corrected chi connectivity index (χ3v) is 5.85. The van der Waals surface area contributed by atoms with E-state index in [0.717, 1.165) is 10.2 Å². The Morgan fingerprint density at radius 2 is 1.67 bits per heavy atom. The van der Waals surface area contributed by atoms with Crippen molar-refractivity contribution in [2.24, 2.45) is 0 Å². The van der Waals surface area contributed by atoms with Gasteiger partial charge in [-0.15, -0.1) is 5.10 Å². The SMILES string of the molecule is CCOC(=O)Cn1c(-c2ccc(Cl)cc2)nn(CC(=O)CCCc2c(Cl)cccc2Cl)c1=O. The van der Waals surface area contributed by atoms with Gasteiger partial charge in [0, 0.05) is 27.1 Å². The third kappa shape index (κ3) is 6.47. The second-order valence-electron chi connectivity index (χ2n) is 7.25. The summed E-state index contributed by atoms with van der Waals surface area (Å²) in [6, 6.07) is 11.9. The number of carbonyl (C=O) groups excluding carboxylic acids is 2. The van der Waals surface area contributed by atoms with E-state index in [1.54, 1.807) is 49.4 Å². The van der Waals surface area contributed by atoms with E-state index in [9.17, 15) is 14.4 Å². The minimum absolute atomic E-state index is 0.177. The number of nitrogens with zero attached hydrogens (tertiary/aromatic N) is 3. The van der Waals surface area contributed by atoms with E-state index in [4.69, 9.17) is 39.5 Å². The quantitative estimate of drug-likeness (QED) is 0.365. The Morgan fingerprint density at radius 1 is 1.00 bits per heavy atom. The van der Waals surface area contributed by atoms with E-state index in [-0.39, 0.29) is 37.7 Å². The molecule has 0 radical (unpaired) electrons. The van der Waals surface area contributed by atoms with Crippen molar-refractivity contribution in [3.63, 3.8) is 0 Å². The lowest BCUT2D eigenvalue weighted by molar-refractivity contribution is -0.143. The molecule has 0 saturated carbocycles. The number of Topliss-reactive ketones (excluding diaryl/α,β-unsaturated/α-hetero) is 1.